The van der Waals surface area contributed by atoms with Crippen molar-refractivity contribution in [3.05, 3.63) is 11.5 Å². The summed E-state index contributed by atoms with van der Waals surface area (Å²) in [5.41, 5.74) is 0. The molecule has 1 saturated heterocycles. The molecule has 0 bridgehead atoms. The molecule has 18 heavy (non-hydrogen) atoms. The topological polar surface area (TPSA) is 83.6 Å². The van der Waals surface area contributed by atoms with E-state index in [-0.39, 0.29) is 17.8 Å². The second-order valence-corrected chi connectivity index (χ2v) is 8.78. The molecular formula is C10H18N2O4S2. The molecule has 2 aliphatic heterocycles. The predicted molar refractivity (Wildman–Crippen MR) is 69.3 cm³/mol. The summed E-state index contributed by atoms with van der Waals surface area (Å²) >= 11 is 0. The van der Waals surface area contributed by atoms with Gasteiger partial charge < -0.3 is 5.32 Å². The highest BCUT2D eigenvalue weighted by molar-refractivity contribution is 7.94. The van der Waals surface area contributed by atoms with Crippen molar-refractivity contribution < 1.29 is 16.8 Å². The van der Waals surface area contributed by atoms with Gasteiger partial charge >= 0.3 is 0 Å². The van der Waals surface area contributed by atoms with Gasteiger partial charge in [-0.15, -0.1) is 0 Å². The Balaban J connectivity index is 1.83. The molecule has 1 atom stereocenters. The Kier molecular flexibility index (Phi) is 3.82. The highest BCUT2D eigenvalue weighted by Crippen LogP contribution is 2.16. The summed E-state index contributed by atoms with van der Waals surface area (Å²) in [4.78, 5) is 0. The third-order valence-corrected chi connectivity index (χ3v) is 6.00. The van der Waals surface area contributed by atoms with Gasteiger partial charge in [0.15, 0.2) is 9.84 Å². The van der Waals surface area contributed by atoms with Crippen LogP contribution in [-0.2, 0) is 19.9 Å². The van der Waals surface area contributed by atoms with Gasteiger partial charge in [0, 0.05) is 30.6 Å². The quantitative estimate of drug-likeness (QED) is 0.745. The predicted octanol–water partition coefficient (Wildman–Crippen LogP) is -0.689. The molecule has 0 aromatic rings. The minimum Gasteiger partial charge on any atom is -0.307 e. The Bertz CT molecular complexity index is 530. The highest BCUT2D eigenvalue weighted by Gasteiger charge is 2.28. The van der Waals surface area contributed by atoms with E-state index in [2.05, 4.69) is 5.32 Å². The lowest BCUT2D eigenvalue weighted by atomic mass is 10.1. The highest BCUT2D eigenvalue weighted by atomic mass is 32.2. The smallest absolute Gasteiger partial charge is 0.211 e. The Hall–Kier alpha value is -0.440. The standard InChI is InChI=1S/C10H18N2O4S2/c1-17(13,14)12-5-2-9(3-6-12)11-10-4-7-18(15,16)8-10/h4,7,9-11H,2-3,5-6,8H2,1H3. The van der Waals surface area contributed by atoms with E-state index >= 15 is 0 Å². The third kappa shape index (κ3) is 3.53. The summed E-state index contributed by atoms with van der Waals surface area (Å²) in [7, 11) is -6.13. The average molecular weight is 294 g/mol. The number of rotatable bonds is 3. The molecule has 104 valence electrons. The maximum absolute atomic E-state index is 11.3. The summed E-state index contributed by atoms with van der Waals surface area (Å²) in [6, 6.07) is 0.0516. The van der Waals surface area contributed by atoms with Gasteiger partial charge in [0.05, 0.1) is 12.0 Å². The van der Waals surface area contributed by atoms with Crippen molar-refractivity contribution in [2.45, 2.75) is 24.9 Å². The van der Waals surface area contributed by atoms with Crippen LogP contribution in [0.2, 0.25) is 0 Å². The third-order valence-electron chi connectivity index (χ3n) is 3.30. The molecular weight excluding hydrogens is 276 g/mol. The van der Waals surface area contributed by atoms with Crippen molar-refractivity contribution in [3.8, 4) is 0 Å². The Morgan fingerprint density at radius 3 is 2.33 bits per heavy atom. The molecule has 8 heteroatoms. The normalized spacial score (nSPS) is 29.7. The molecule has 2 heterocycles. The first kappa shape index (κ1) is 14.0. The van der Waals surface area contributed by atoms with Crippen LogP contribution in [0.15, 0.2) is 11.5 Å². The van der Waals surface area contributed by atoms with Crippen LogP contribution in [0.3, 0.4) is 0 Å². The van der Waals surface area contributed by atoms with Gasteiger partial charge in [-0.05, 0) is 12.8 Å². The average Bonchev–Trinajstić information content (AvgIpc) is 2.57. The zero-order valence-corrected chi connectivity index (χ0v) is 11.9. The van der Waals surface area contributed by atoms with Gasteiger partial charge in [-0.2, -0.15) is 0 Å². The van der Waals surface area contributed by atoms with Gasteiger partial charge in [0.2, 0.25) is 10.0 Å². The van der Waals surface area contributed by atoms with Crippen LogP contribution < -0.4 is 5.32 Å². The largest absolute Gasteiger partial charge is 0.307 e. The van der Waals surface area contributed by atoms with E-state index in [0.29, 0.717) is 13.1 Å². The second-order valence-electron chi connectivity index (χ2n) is 4.87. The molecule has 6 nitrogen and oxygen atoms in total. The van der Waals surface area contributed by atoms with Crippen LogP contribution in [0, 0.1) is 0 Å². The van der Waals surface area contributed by atoms with Crippen LogP contribution in [0.25, 0.3) is 0 Å². The molecule has 0 amide bonds. The molecule has 2 aliphatic rings. The Labute approximate surface area is 108 Å². The summed E-state index contributed by atoms with van der Waals surface area (Å²) in [6.07, 6.45) is 4.32. The molecule has 0 aromatic heterocycles. The van der Waals surface area contributed by atoms with Crippen molar-refractivity contribution in [1.29, 1.82) is 0 Å². The van der Waals surface area contributed by atoms with Gasteiger partial charge in [-0.1, -0.05) is 6.08 Å². The number of hydrogen-bond acceptors (Lipinski definition) is 5. The molecule has 0 aromatic carbocycles. The minimum atomic E-state index is -3.10. The molecule has 0 aliphatic carbocycles. The maximum atomic E-state index is 11.3. The Morgan fingerprint density at radius 1 is 1.28 bits per heavy atom. The maximum Gasteiger partial charge on any atom is 0.211 e. The van der Waals surface area contributed by atoms with E-state index in [1.165, 1.54) is 16.0 Å². The van der Waals surface area contributed by atoms with E-state index in [1.54, 1.807) is 6.08 Å². The summed E-state index contributed by atoms with van der Waals surface area (Å²) in [5.74, 6) is 0.110. The molecule has 1 fully saturated rings. The first-order valence-electron chi connectivity index (χ1n) is 5.88. The Morgan fingerprint density at radius 2 is 1.89 bits per heavy atom. The number of nitrogens with one attached hydrogen (secondary N) is 1. The zero-order chi connectivity index (χ0) is 13.4. The summed E-state index contributed by atoms with van der Waals surface area (Å²) in [6.45, 7) is 0.999. The molecule has 0 spiro atoms. The van der Waals surface area contributed by atoms with Gasteiger partial charge in [0.25, 0.3) is 0 Å². The minimum absolute atomic E-state index is 0.110. The van der Waals surface area contributed by atoms with Crippen molar-refractivity contribution in [2.24, 2.45) is 0 Å². The first-order valence-corrected chi connectivity index (χ1v) is 9.45. The number of piperidine rings is 1. The lowest BCUT2D eigenvalue weighted by Crippen LogP contribution is -2.47. The van der Waals surface area contributed by atoms with E-state index < -0.39 is 19.9 Å². The fourth-order valence-corrected chi connectivity index (χ4v) is 4.46. The molecule has 0 saturated carbocycles. The SMILES string of the molecule is CS(=O)(=O)N1CCC(NC2C=CS(=O)(=O)C2)CC1. The van der Waals surface area contributed by atoms with Gasteiger partial charge in [-0.3, -0.25) is 0 Å². The fourth-order valence-electron chi connectivity index (χ4n) is 2.34. The summed E-state index contributed by atoms with van der Waals surface area (Å²) in [5, 5.41) is 4.50. The second kappa shape index (κ2) is 4.92. The molecule has 1 N–H and O–H groups in total. The summed E-state index contributed by atoms with van der Waals surface area (Å²) < 4.78 is 46.6. The van der Waals surface area contributed by atoms with Crippen molar-refractivity contribution in [1.82, 2.24) is 9.62 Å². The van der Waals surface area contributed by atoms with E-state index in [1.807, 2.05) is 0 Å². The van der Waals surface area contributed by atoms with Gasteiger partial charge in [0.1, 0.15) is 0 Å². The van der Waals surface area contributed by atoms with Crippen LogP contribution in [0.1, 0.15) is 12.8 Å². The monoisotopic (exact) mass is 294 g/mol. The van der Waals surface area contributed by atoms with Crippen LogP contribution in [0.4, 0.5) is 0 Å². The van der Waals surface area contributed by atoms with E-state index in [9.17, 15) is 16.8 Å². The lowest BCUT2D eigenvalue weighted by molar-refractivity contribution is 0.286. The number of sulfonamides is 1. The zero-order valence-electron chi connectivity index (χ0n) is 10.2. The van der Waals surface area contributed by atoms with Crippen LogP contribution >= 0.6 is 0 Å². The van der Waals surface area contributed by atoms with Crippen LogP contribution in [-0.4, -0.2) is 58.3 Å². The number of sulfone groups is 1. The van der Waals surface area contributed by atoms with Crippen molar-refractivity contribution in [2.75, 3.05) is 25.1 Å². The van der Waals surface area contributed by atoms with Crippen LogP contribution in [0.5, 0.6) is 0 Å². The van der Waals surface area contributed by atoms with Gasteiger partial charge in [-0.25, -0.2) is 21.1 Å². The van der Waals surface area contributed by atoms with Crippen molar-refractivity contribution >= 4 is 19.9 Å². The first-order chi connectivity index (χ1) is 8.26. The molecule has 0 radical (unpaired) electrons. The molecule has 2 rings (SSSR count). The molecule has 1 unspecified atom stereocenters. The number of hydrogen-bond donors (Lipinski definition) is 1. The fraction of sp³-hybridized carbons (Fsp3) is 0.800. The van der Waals surface area contributed by atoms with E-state index in [4.69, 9.17) is 0 Å². The van der Waals surface area contributed by atoms with Crippen molar-refractivity contribution in [3.63, 3.8) is 0 Å². The lowest BCUT2D eigenvalue weighted by Gasteiger charge is -2.31. The number of nitrogens with zero attached hydrogens (tertiary/aromatic N) is 1. The van der Waals surface area contributed by atoms with E-state index in [0.717, 1.165) is 12.8 Å².